The lowest BCUT2D eigenvalue weighted by Gasteiger charge is -2.32. The number of aryl methyl sites for hydroxylation is 1. The number of rotatable bonds is 14. The molecular weight excluding hydrogens is 865 g/mol. The summed E-state index contributed by atoms with van der Waals surface area (Å²) in [5, 5.41) is 16.8. The van der Waals surface area contributed by atoms with Crippen molar-refractivity contribution in [2.45, 2.75) is 129 Å². The zero-order valence-electron chi connectivity index (χ0n) is 40.6. The van der Waals surface area contributed by atoms with E-state index in [2.05, 4.69) is 148 Å². The number of nitrogens with zero attached hydrogens (tertiary/aromatic N) is 8. The Hall–Kier alpha value is -6.91. The number of anilines is 2. The number of benzene rings is 3. The van der Waals surface area contributed by atoms with E-state index in [-0.39, 0.29) is 34.0 Å². The first-order valence-corrected chi connectivity index (χ1v) is 24.5. The fraction of sp³-hybridized carbons (Fsp3) is 0.415. The van der Waals surface area contributed by atoms with E-state index in [0.29, 0.717) is 40.9 Å². The summed E-state index contributed by atoms with van der Waals surface area (Å²) in [4.78, 5) is 54.3. The number of hydrogen-bond acceptors (Lipinski definition) is 11. The summed E-state index contributed by atoms with van der Waals surface area (Å²) < 4.78 is 3.32. The molecule has 6 heterocycles. The maximum Gasteiger partial charge on any atom is 0.266 e. The Kier molecular flexibility index (Phi) is 12.5. The maximum absolute atomic E-state index is 12.5. The number of piperidine rings is 1. The van der Waals surface area contributed by atoms with Gasteiger partial charge in [0.25, 0.3) is 11.1 Å². The van der Waals surface area contributed by atoms with Crippen molar-refractivity contribution in [2.24, 2.45) is 0 Å². The highest BCUT2D eigenvalue weighted by atomic mass is 16.1. The molecule has 0 radical (unpaired) electrons. The minimum absolute atomic E-state index is 0.0488. The van der Waals surface area contributed by atoms with Gasteiger partial charge in [-0.05, 0) is 85.0 Å². The lowest BCUT2D eigenvalue weighted by atomic mass is 9.79. The van der Waals surface area contributed by atoms with Gasteiger partial charge in [0.05, 0.1) is 0 Å². The van der Waals surface area contributed by atoms with Crippen LogP contribution in [0.4, 0.5) is 11.9 Å². The molecule has 0 spiro atoms. The summed E-state index contributed by atoms with van der Waals surface area (Å²) in [6.45, 7) is 16.7. The van der Waals surface area contributed by atoms with Gasteiger partial charge in [0.15, 0.2) is 22.9 Å². The largest absolute Gasteiger partial charge is 0.351 e. The average Bonchev–Trinajstić information content (AvgIpc) is 4.05. The van der Waals surface area contributed by atoms with Gasteiger partial charge >= 0.3 is 0 Å². The first-order valence-electron chi connectivity index (χ1n) is 24.5. The van der Waals surface area contributed by atoms with Crippen molar-refractivity contribution in [3.8, 4) is 22.8 Å². The molecule has 0 unspecified atom stereocenters. The second kappa shape index (κ2) is 18.9. The third-order valence-corrected chi connectivity index (χ3v) is 14.0. The van der Waals surface area contributed by atoms with Crippen LogP contribution in [0.5, 0.6) is 0 Å². The zero-order chi connectivity index (χ0) is 47.9. The molecule has 0 bridgehead atoms. The SMILES string of the molecule is Cc1ncc(CN2CCC(Nc3nc(-c4ccc(C(C)(C)Cc5ccc(CNC6CCC(Nc7nc(-c8ccc(C(C)(C)C)cc8)nc8cc(=O)[nH]n78)CC6)cc5)cc4)nc4cc(=O)[nH]n34)CC2)[nH]1. The molecule has 0 amide bonds. The Morgan fingerprint density at radius 2 is 1.13 bits per heavy atom. The van der Waals surface area contributed by atoms with Crippen molar-refractivity contribution in [3.05, 3.63) is 146 Å². The highest BCUT2D eigenvalue weighted by molar-refractivity contribution is 5.62. The summed E-state index contributed by atoms with van der Waals surface area (Å²) in [6, 6.07) is 29.8. The normalized spacial score (nSPS) is 17.5. The number of nitrogens with one attached hydrogen (secondary N) is 6. The van der Waals surface area contributed by atoms with Crippen molar-refractivity contribution < 1.29 is 0 Å². The van der Waals surface area contributed by atoms with Crippen LogP contribution in [0.15, 0.2) is 101 Å². The van der Waals surface area contributed by atoms with Gasteiger partial charge in [0, 0.05) is 79.5 Å². The van der Waals surface area contributed by atoms with Crippen LogP contribution in [0.2, 0.25) is 0 Å². The van der Waals surface area contributed by atoms with Crippen molar-refractivity contribution in [1.82, 2.24) is 59.3 Å². The standard InChI is InChI=1S/C53H64N14O2/c1-33-54-31-43(56-33)32-65-25-23-42(24-26-65)58-51-62-49(60-45-28-47(69)64-67(45)51)37-13-17-39(18-14-37)53(5,6)29-34-7-9-35(10-8-34)30-55-40-19-21-41(22-20-40)57-50-61-48(59-44-27-46(68)63-66(44)50)36-11-15-38(16-12-36)52(2,3)4/h7-18,27-28,31,40-42,55H,19-26,29-30,32H2,1-6H3,(H,54,56)(H,63,68)(H,64,69)(H,57,59,61)(H,58,60,62). The van der Waals surface area contributed by atoms with Crippen molar-refractivity contribution in [3.63, 3.8) is 0 Å². The van der Waals surface area contributed by atoms with E-state index < -0.39 is 0 Å². The molecule has 1 saturated carbocycles. The van der Waals surface area contributed by atoms with Gasteiger partial charge in [-0.25, -0.2) is 24.0 Å². The monoisotopic (exact) mass is 929 g/mol. The van der Waals surface area contributed by atoms with E-state index in [0.717, 1.165) is 93.8 Å². The lowest BCUT2D eigenvalue weighted by Crippen LogP contribution is -2.39. The average molecular weight is 929 g/mol. The number of aromatic amines is 3. The van der Waals surface area contributed by atoms with Gasteiger partial charge in [0.2, 0.25) is 11.9 Å². The van der Waals surface area contributed by atoms with E-state index in [4.69, 9.17) is 19.9 Å². The number of likely N-dealkylation sites (tertiary alicyclic amines) is 1. The maximum atomic E-state index is 12.5. The molecular formula is C53H64N14O2. The first kappa shape index (κ1) is 45.9. The van der Waals surface area contributed by atoms with Gasteiger partial charge in [0.1, 0.15) is 5.82 Å². The van der Waals surface area contributed by atoms with Crippen molar-refractivity contribution >= 4 is 23.2 Å². The quantitative estimate of drug-likeness (QED) is 0.0621. The Morgan fingerprint density at radius 3 is 1.65 bits per heavy atom. The van der Waals surface area contributed by atoms with Gasteiger partial charge < -0.3 is 20.9 Å². The second-order valence-corrected chi connectivity index (χ2v) is 20.9. The van der Waals surface area contributed by atoms with E-state index in [9.17, 15) is 9.59 Å². The van der Waals surface area contributed by atoms with Crippen LogP contribution in [0.25, 0.3) is 34.1 Å². The summed E-state index contributed by atoms with van der Waals surface area (Å²) in [7, 11) is 0. The fourth-order valence-corrected chi connectivity index (χ4v) is 9.94. The van der Waals surface area contributed by atoms with Crippen LogP contribution in [-0.4, -0.2) is 85.2 Å². The van der Waals surface area contributed by atoms with Crippen LogP contribution in [-0.2, 0) is 30.3 Å². The van der Waals surface area contributed by atoms with Gasteiger partial charge in [-0.15, -0.1) is 0 Å². The van der Waals surface area contributed by atoms with Crippen LogP contribution < -0.4 is 27.1 Å². The van der Waals surface area contributed by atoms with Crippen molar-refractivity contribution in [2.75, 3.05) is 23.7 Å². The van der Waals surface area contributed by atoms with Gasteiger partial charge in [-0.3, -0.25) is 24.7 Å². The highest BCUT2D eigenvalue weighted by Gasteiger charge is 2.26. The van der Waals surface area contributed by atoms with E-state index in [1.54, 1.807) is 9.03 Å². The fourth-order valence-electron chi connectivity index (χ4n) is 9.94. The Morgan fingerprint density at radius 1 is 0.623 bits per heavy atom. The smallest absolute Gasteiger partial charge is 0.266 e. The highest BCUT2D eigenvalue weighted by Crippen LogP contribution is 2.31. The second-order valence-electron chi connectivity index (χ2n) is 20.9. The predicted molar refractivity (Wildman–Crippen MR) is 272 cm³/mol. The third kappa shape index (κ3) is 10.6. The Balaban J connectivity index is 0.717. The van der Waals surface area contributed by atoms with E-state index in [1.807, 2.05) is 13.1 Å². The predicted octanol–water partition coefficient (Wildman–Crippen LogP) is 7.92. The molecule has 16 nitrogen and oxygen atoms in total. The molecule has 0 atom stereocenters. The molecule has 358 valence electrons. The minimum Gasteiger partial charge on any atom is -0.351 e. The molecule has 1 saturated heterocycles. The molecule has 2 aliphatic rings. The summed E-state index contributed by atoms with van der Waals surface area (Å²) in [5.41, 5.74) is 8.58. The zero-order valence-corrected chi connectivity index (χ0v) is 40.6. The van der Waals surface area contributed by atoms with Crippen LogP contribution in [0.3, 0.4) is 0 Å². The molecule has 69 heavy (non-hydrogen) atoms. The molecule has 16 heteroatoms. The lowest BCUT2D eigenvalue weighted by molar-refractivity contribution is 0.209. The van der Waals surface area contributed by atoms with Crippen LogP contribution in [0.1, 0.15) is 107 Å². The number of H-pyrrole nitrogens is 3. The van der Waals surface area contributed by atoms with Crippen LogP contribution in [0, 0.1) is 6.92 Å². The van der Waals surface area contributed by atoms with E-state index in [1.165, 1.54) is 34.4 Å². The molecule has 6 N–H and O–H groups in total. The molecule has 10 rings (SSSR count). The minimum atomic E-state index is -0.212. The Bertz CT molecular complexity index is 3160. The molecule has 2 fully saturated rings. The number of aromatic nitrogens is 10. The summed E-state index contributed by atoms with van der Waals surface area (Å²) in [6.07, 6.45) is 8.77. The topological polar surface area (TPSA) is 194 Å². The summed E-state index contributed by atoms with van der Waals surface area (Å²) >= 11 is 0. The van der Waals surface area contributed by atoms with Gasteiger partial charge in [-0.1, -0.05) is 107 Å². The molecule has 3 aromatic carbocycles. The summed E-state index contributed by atoms with van der Waals surface area (Å²) in [5.74, 6) is 3.31. The van der Waals surface area contributed by atoms with Crippen molar-refractivity contribution in [1.29, 1.82) is 0 Å². The van der Waals surface area contributed by atoms with E-state index >= 15 is 0 Å². The number of hydrogen-bond donors (Lipinski definition) is 6. The molecule has 8 aromatic rings. The van der Waals surface area contributed by atoms with Gasteiger partial charge in [-0.2, -0.15) is 9.97 Å². The van der Waals surface area contributed by atoms with Crippen LogP contribution >= 0.6 is 0 Å². The Labute approximate surface area is 401 Å². The number of imidazole rings is 1. The third-order valence-electron chi connectivity index (χ3n) is 14.0. The molecule has 1 aliphatic carbocycles. The molecule has 5 aromatic heterocycles. The number of fused-ring (bicyclic) bond motifs is 2. The molecule has 1 aliphatic heterocycles. The first-order chi connectivity index (χ1) is 33.2.